The van der Waals surface area contributed by atoms with Gasteiger partial charge in [0.2, 0.25) is 0 Å². The van der Waals surface area contributed by atoms with Crippen LogP contribution in [-0.4, -0.2) is 45.3 Å². The van der Waals surface area contributed by atoms with Crippen molar-refractivity contribution < 1.29 is 4.79 Å². The molecule has 10 heteroatoms. The summed E-state index contributed by atoms with van der Waals surface area (Å²) in [6, 6.07) is 0. The van der Waals surface area contributed by atoms with Crippen molar-refractivity contribution in [2.45, 2.75) is 10.9 Å². The summed E-state index contributed by atoms with van der Waals surface area (Å²) in [5, 5.41) is 6.79. The second-order valence-corrected chi connectivity index (χ2v) is 8.24. The molecule has 0 bridgehead atoms. The van der Waals surface area contributed by atoms with Gasteiger partial charge in [-0.15, -0.1) is 22.7 Å². The molecule has 0 amide bonds. The van der Waals surface area contributed by atoms with E-state index in [1.54, 1.807) is 40.5 Å². The average Bonchev–Trinajstić information content (AvgIpc) is 3.21. The predicted octanol–water partition coefficient (Wildman–Crippen LogP) is 2.67. The standard InChI is InChI=1S/C14H16N6OS3/c1-19(6-8-4-16-13(15)23-8)17-5-9-10(7-21)20(2)12-11(9)24-14(18-12)22-3/h4-5,7H,6H2,1-3H3,(H2,15,16)/b17-5-. The summed E-state index contributed by atoms with van der Waals surface area (Å²) in [4.78, 5) is 21.1. The number of hydrazone groups is 1. The Morgan fingerprint density at radius 3 is 2.92 bits per heavy atom. The quantitative estimate of drug-likeness (QED) is 0.306. The summed E-state index contributed by atoms with van der Waals surface area (Å²) in [5.41, 5.74) is 7.83. The number of thioether (sulfide) groups is 1. The number of aryl methyl sites for hydroxylation is 1. The van der Waals surface area contributed by atoms with Gasteiger partial charge in [0.05, 0.1) is 23.2 Å². The molecule has 3 heterocycles. The third kappa shape index (κ3) is 3.17. The van der Waals surface area contributed by atoms with Gasteiger partial charge in [-0.05, 0) is 6.26 Å². The molecule has 7 nitrogen and oxygen atoms in total. The van der Waals surface area contributed by atoms with Gasteiger partial charge in [0.25, 0.3) is 0 Å². The van der Waals surface area contributed by atoms with Crippen molar-refractivity contribution in [3.05, 3.63) is 22.3 Å². The number of hydrogen-bond acceptors (Lipinski definition) is 9. The number of carbonyl (C=O) groups excluding carboxylic acids is 1. The molecular formula is C14H16N6OS3. The molecule has 0 atom stereocenters. The van der Waals surface area contributed by atoms with Crippen LogP contribution in [0.4, 0.5) is 5.13 Å². The molecular weight excluding hydrogens is 364 g/mol. The van der Waals surface area contributed by atoms with Crippen molar-refractivity contribution in [2.24, 2.45) is 12.1 Å². The van der Waals surface area contributed by atoms with Gasteiger partial charge in [-0.1, -0.05) is 11.8 Å². The van der Waals surface area contributed by atoms with E-state index in [1.165, 1.54) is 11.3 Å². The van der Waals surface area contributed by atoms with Gasteiger partial charge in [0.1, 0.15) is 0 Å². The lowest BCUT2D eigenvalue weighted by atomic mass is 10.3. The number of thiazole rings is 2. The third-order valence-corrected chi connectivity index (χ3v) is 6.29. The minimum Gasteiger partial charge on any atom is -0.375 e. The highest BCUT2D eigenvalue weighted by Crippen LogP contribution is 2.33. The first-order valence-electron chi connectivity index (χ1n) is 6.97. The van der Waals surface area contributed by atoms with Crippen LogP contribution in [0.25, 0.3) is 10.3 Å². The fourth-order valence-corrected chi connectivity index (χ4v) is 4.62. The minimum absolute atomic E-state index is 0.546. The summed E-state index contributed by atoms with van der Waals surface area (Å²) in [6.45, 7) is 0.608. The molecule has 0 radical (unpaired) electrons. The first kappa shape index (κ1) is 16.9. The first-order chi connectivity index (χ1) is 11.5. The predicted molar refractivity (Wildman–Crippen MR) is 101 cm³/mol. The number of anilines is 1. The van der Waals surface area contributed by atoms with Crippen LogP contribution in [-0.2, 0) is 13.6 Å². The maximum atomic E-state index is 11.5. The van der Waals surface area contributed by atoms with Crippen molar-refractivity contribution in [3.63, 3.8) is 0 Å². The van der Waals surface area contributed by atoms with Crippen LogP contribution < -0.4 is 5.73 Å². The summed E-state index contributed by atoms with van der Waals surface area (Å²) < 4.78 is 3.75. The number of nitrogens with zero attached hydrogens (tertiary/aromatic N) is 5. The summed E-state index contributed by atoms with van der Waals surface area (Å²) in [5.74, 6) is 0. The molecule has 0 aliphatic carbocycles. The second kappa shape index (κ2) is 6.91. The molecule has 0 aliphatic rings. The van der Waals surface area contributed by atoms with Gasteiger partial charge in [-0.25, -0.2) is 9.97 Å². The lowest BCUT2D eigenvalue weighted by Gasteiger charge is -2.10. The molecule has 3 rings (SSSR count). The zero-order valence-electron chi connectivity index (χ0n) is 13.4. The number of rotatable bonds is 6. The maximum absolute atomic E-state index is 11.5. The first-order valence-corrected chi connectivity index (χ1v) is 9.83. The molecule has 0 spiro atoms. The van der Waals surface area contributed by atoms with Gasteiger partial charge in [0.15, 0.2) is 21.4 Å². The monoisotopic (exact) mass is 380 g/mol. The number of aromatic nitrogens is 3. The van der Waals surface area contributed by atoms with E-state index in [9.17, 15) is 4.79 Å². The number of aldehydes is 1. The molecule has 0 unspecified atom stereocenters. The highest BCUT2D eigenvalue weighted by atomic mass is 32.2. The summed E-state index contributed by atoms with van der Waals surface area (Å²) in [7, 11) is 3.71. The van der Waals surface area contributed by atoms with E-state index in [0.29, 0.717) is 17.4 Å². The fourth-order valence-electron chi connectivity index (χ4n) is 2.28. The van der Waals surface area contributed by atoms with Crippen LogP contribution in [0.1, 0.15) is 20.9 Å². The van der Waals surface area contributed by atoms with Crippen molar-refractivity contribution in [1.82, 2.24) is 19.5 Å². The van der Waals surface area contributed by atoms with Crippen molar-refractivity contribution in [1.29, 1.82) is 0 Å². The lowest BCUT2D eigenvalue weighted by molar-refractivity contribution is 0.111. The molecule has 126 valence electrons. The minimum atomic E-state index is 0.546. The SMILES string of the molecule is CSc1nc2c(s1)c(/C=N\N(C)Cc1cnc(N)s1)c(C=O)n2C. The van der Waals surface area contributed by atoms with Gasteiger partial charge in [0, 0.05) is 30.7 Å². The number of fused-ring (bicyclic) bond motifs is 1. The molecule has 0 aromatic carbocycles. The number of hydrogen-bond donors (Lipinski definition) is 1. The third-order valence-electron chi connectivity index (χ3n) is 3.42. The van der Waals surface area contributed by atoms with Crippen molar-refractivity contribution in [3.8, 4) is 0 Å². The zero-order valence-corrected chi connectivity index (χ0v) is 15.8. The highest BCUT2D eigenvalue weighted by molar-refractivity contribution is 8.00. The van der Waals surface area contributed by atoms with Crippen molar-refractivity contribution in [2.75, 3.05) is 19.0 Å². The lowest BCUT2D eigenvalue weighted by Crippen LogP contribution is -2.10. The van der Waals surface area contributed by atoms with E-state index >= 15 is 0 Å². The Kier molecular flexibility index (Phi) is 4.88. The van der Waals surface area contributed by atoms with Crippen LogP contribution in [0.15, 0.2) is 15.6 Å². The molecule has 2 N–H and O–H groups in total. The van der Waals surface area contributed by atoms with Gasteiger partial charge >= 0.3 is 0 Å². The molecule has 0 saturated carbocycles. The number of carbonyl (C=O) groups is 1. The van der Waals surface area contributed by atoms with Crippen LogP contribution in [0.5, 0.6) is 0 Å². The molecule has 0 saturated heterocycles. The average molecular weight is 381 g/mol. The topological polar surface area (TPSA) is 89.4 Å². The van der Waals surface area contributed by atoms with E-state index in [-0.39, 0.29) is 0 Å². The summed E-state index contributed by atoms with van der Waals surface area (Å²) >= 11 is 4.60. The Balaban J connectivity index is 1.90. The number of nitrogens with two attached hydrogens (primary N) is 1. The summed E-state index contributed by atoms with van der Waals surface area (Å²) in [6.07, 6.45) is 6.30. The van der Waals surface area contributed by atoms with Gasteiger partial charge in [-0.3, -0.25) is 9.80 Å². The van der Waals surface area contributed by atoms with Gasteiger partial charge in [-0.2, -0.15) is 5.10 Å². The normalized spacial score (nSPS) is 11.6. The largest absolute Gasteiger partial charge is 0.375 e. The van der Waals surface area contributed by atoms with E-state index in [4.69, 9.17) is 5.73 Å². The second-order valence-electron chi connectivity index (χ2n) is 5.04. The van der Waals surface area contributed by atoms with E-state index in [0.717, 1.165) is 31.4 Å². The van der Waals surface area contributed by atoms with Crippen LogP contribution in [0.3, 0.4) is 0 Å². The van der Waals surface area contributed by atoms with Gasteiger partial charge < -0.3 is 10.3 Å². The Bertz CT molecular complexity index is 909. The Morgan fingerprint density at radius 2 is 2.29 bits per heavy atom. The van der Waals surface area contributed by atoms with E-state index in [1.807, 2.05) is 24.9 Å². The Labute approximate surface area is 151 Å². The molecule has 0 fully saturated rings. The molecule has 3 aromatic heterocycles. The molecule has 0 aliphatic heterocycles. The fraction of sp³-hybridized carbons (Fsp3) is 0.286. The smallest absolute Gasteiger partial charge is 0.180 e. The van der Waals surface area contributed by atoms with E-state index in [2.05, 4.69) is 15.1 Å². The number of nitrogen functional groups attached to an aromatic ring is 1. The van der Waals surface area contributed by atoms with Crippen LogP contribution >= 0.6 is 34.4 Å². The zero-order chi connectivity index (χ0) is 17.3. The van der Waals surface area contributed by atoms with Crippen molar-refractivity contribution >= 4 is 62.4 Å². The van der Waals surface area contributed by atoms with Crippen LogP contribution in [0, 0.1) is 0 Å². The molecule has 3 aromatic rings. The maximum Gasteiger partial charge on any atom is 0.180 e. The molecule has 24 heavy (non-hydrogen) atoms. The van der Waals surface area contributed by atoms with E-state index < -0.39 is 0 Å². The Morgan fingerprint density at radius 1 is 1.50 bits per heavy atom. The van der Waals surface area contributed by atoms with Crippen LogP contribution in [0.2, 0.25) is 0 Å². The Hall–Kier alpha value is -1.91. The highest BCUT2D eigenvalue weighted by Gasteiger charge is 2.18.